The molecule has 0 bridgehead atoms. The zero-order chi connectivity index (χ0) is 17.1. The van der Waals surface area contributed by atoms with Crippen LogP contribution in [0.15, 0.2) is 16.1 Å². The maximum Gasteiger partial charge on any atom is 0.282 e. The molecule has 2 aromatic rings. The molecule has 0 unspecified atom stereocenters. The summed E-state index contributed by atoms with van der Waals surface area (Å²) in [5.74, 6) is 0.327. The van der Waals surface area contributed by atoms with Crippen molar-refractivity contribution in [1.82, 2.24) is 24.0 Å². The molecular weight excluding hydrogens is 296 g/mol. The van der Waals surface area contributed by atoms with Crippen molar-refractivity contribution in [3.8, 4) is 0 Å². The van der Waals surface area contributed by atoms with E-state index < -0.39 is 0 Å². The van der Waals surface area contributed by atoms with Crippen LogP contribution < -0.4 is 5.56 Å². The monoisotopic (exact) mass is 320 g/mol. The number of nitrogens with zero attached hydrogens (tertiary/aromatic N) is 6. The topological polar surface area (TPSA) is 77.5 Å². The lowest BCUT2D eigenvalue weighted by atomic mass is 10.3. The number of aliphatic imine (C=N–C) groups is 1. The van der Waals surface area contributed by atoms with E-state index in [1.54, 1.807) is 29.2 Å². The first-order valence-corrected chi connectivity index (χ1v) is 7.64. The van der Waals surface area contributed by atoms with Crippen molar-refractivity contribution in [2.75, 3.05) is 14.1 Å². The van der Waals surface area contributed by atoms with Gasteiger partial charge in [-0.3, -0.25) is 13.9 Å². The molecule has 0 spiro atoms. The number of ether oxygens (including phenoxy) is 1. The summed E-state index contributed by atoms with van der Waals surface area (Å²) < 4.78 is 9.04. The number of rotatable bonds is 6. The van der Waals surface area contributed by atoms with Crippen LogP contribution in [-0.2, 0) is 11.8 Å². The molecule has 0 aliphatic rings. The lowest BCUT2D eigenvalue weighted by Crippen LogP contribution is -2.20. The van der Waals surface area contributed by atoms with Crippen LogP contribution >= 0.6 is 0 Å². The number of imidazole rings is 1. The minimum Gasteiger partial charge on any atom is -0.369 e. The van der Waals surface area contributed by atoms with Gasteiger partial charge in [-0.25, -0.2) is 9.98 Å². The van der Waals surface area contributed by atoms with Gasteiger partial charge < -0.3 is 9.64 Å². The second kappa shape index (κ2) is 6.91. The highest BCUT2D eigenvalue weighted by Gasteiger charge is 2.17. The van der Waals surface area contributed by atoms with Gasteiger partial charge in [-0.2, -0.15) is 4.98 Å². The molecule has 0 radical (unpaired) electrons. The van der Waals surface area contributed by atoms with E-state index >= 15 is 0 Å². The first-order valence-electron chi connectivity index (χ1n) is 7.64. The van der Waals surface area contributed by atoms with E-state index in [0.717, 1.165) is 6.42 Å². The summed E-state index contributed by atoms with van der Waals surface area (Å²) in [6.45, 7) is 5.98. The van der Waals surface area contributed by atoms with Gasteiger partial charge in [0.25, 0.3) is 5.56 Å². The van der Waals surface area contributed by atoms with Gasteiger partial charge in [-0.1, -0.05) is 6.92 Å². The average molecular weight is 320 g/mol. The number of fused-ring (bicyclic) bond motifs is 1. The van der Waals surface area contributed by atoms with Gasteiger partial charge >= 0.3 is 0 Å². The Labute approximate surface area is 135 Å². The molecule has 2 rings (SSSR count). The third-order valence-corrected chi connectivity index (χ3v) is 3.58. The van der Waals surface area contributed by atoms with Crippen LogP contribution in [0.5, 0.6) is 0 Å². The van der Waals surface area contributed by atoms with Crippen LogP contribution in [0.2, 0.25) is 0 Å². The third kappa shape index (κ3) is 3.58. The van der Waals surface area contributed by atoms with Crippen LogP contribution in [0.1, 0.15) is 33.4 Å². The number of hydrogen-bond acceptors (Lipinski definition) is 5. The molecule has 2 atom stereocenters. The quantitative estimate of drug-likeness (QED) is 0.598. The summed E-state index contributed by atoms with van der Waals surface area (Å²) in [5, 5.41) is 0. The van der Waals surface area contributed by atoms with Gasteiger partial charge in [-0.15, -0.1) is 0 Å². The van der Waals surface area contributed by atoms with Gasteiger partial charge in [-0.05, 0) is 20.3 Å². The van der Waals surface area contributed by atoms with Gasteiger partial charge in [0.05, 0.1) is 18.8 Å². The molecule has 2 heterocycles. The largest absolute Gasteiger partial charge is 0.369 e. The van der Waals surface area contributed by atoms with E-state index in [9.17, 15) is 4.79 Å². The maximum absolute atomic E-state index is 12.4. The Hall–Kier alpha value is -2.22. The summed E-state index contributed by atoms with van der Waals surface area (Å²) in [7, 11) is 5.34. The van der Waals surface area contributed by atoms with E-state index in [2.05, 4.69) is 21.9 Å². The van der Waals surface area contributed by atoms with Crippen molar-refractivity contribution in [2.45, 2.75) is 39.5 Å². The third-order valence-electron chi connectivity index (χ3n) is 3.58. The molecular formula is C15H24N6O2. The van der Waals surface area contributed by atoms with E-state index in [1.807, 2.05) is 27.9 Å². The summed E-state index contributed by atoms with van der Waals surface area (Å²) >= 11 is 0. The molecule has 0 N–H and O–H groups in total. The van der Waals surface area contributed by atoms with E-state index in [4.69, 9.17) is 4.74 Å². The van der Waals surface area contributed by atoms with Crippen LogP contribution in [0, 0.1) is 0 Å². The van der Waals surface area contributed by atoms with E-state index in [1.165, 1.54) is 4.57 Å². The maximum atomic E-state index is 12.4. The Balaban J connectivity index is 2.51. The first-order chi connectivity index (χ1) is 10.8. The molecule has 0 aliphatic carbocycles. The second-order valence-corrected chi connectivity index (χ2v) is 5.76. The lowest BCUT2D eigenvalue weighted by Gasteiger charge is -2.19. The zero-order valence-electron chi connectivity index (χ0n) is 14.5. The molecule has 8 nitrogen and oxygen atoms in total. The molecule has 0 saturated heterocycles. The fraction of sp³-hybridized carbons (Fsp3) is 0.600. The smallest absolute Gasteiger partial charge is 0.282 e. The van der Waals surface area contributed by atoms with Crippen LogP contribution in [0.25, 0.3) is 11.2 Å². The summed E-state index contributed by atoms with van der Waals surface area (Å²) in [6.07, 6.45) is 3.95. The molecule has 0 aromatic carbocycles. The molecule has 2 aromatic heterocycles. The van der Waals surface area contributed by atoms with Gasteiger partial charge in [0.1, 0.15) is 6.23 Å². The highest BCUT2D eigenvalue weighted by molar-refractivity contribution is 5.71. The minimum absolute atomic E-state index is 0.111. The van der Waals surface area contributed by atoms with Crippen LogP contribution in [0.3, 0.4) is 0 Å². The summed E-state index contributed by atoms with van der Waals surface area (Å²) in [4.78, 5) is 27.1. The predicted octanol–water partition coefficient (Wildman–Crippen LogP) is 1.69. The Morgan fingerprint density at radius 3 is 2.74 bits per heavy atom. The molecule has 126 valence electrons. The van der Waals surface area contributed by atoms with Crippen LogP contribution in [-0.4, -0.2) is 50.5 Å². The number of hydrogen-bond donors (Lipinski definition) is 0. The molecule has 0 amide bonds. The van der Waals surface area contributed by atoms with Crippen LogP contribution in [0.4, 0.5) is 5.95 Å². The SMILES string of the molecule is CC[C@H](C)O[C@H](C)n1cnc2c(=O)n(C)c(/N=C/N(C)C)nc21. The van der Waals surface area contributed by atoms with Crippen molar-refractivity contribution >= 4 is 23.5 Å². The molecule has 8 heteroatoms. The minimum atomic E-state index is -0.264. The van der Waals surface area contributed by atoms with Crippen molar-refractivity contribution < 1.29 is 4.74 Å². The Morgan fingerprint density at radius 2 is 2.13 bits per heavy atom. The van der Waals surface area contributed by atoms with Gasteiger partial charge in [0.15, 0.2) is 11.2 Å². The first kappa shape index (κ1) is 17.1. The highest BCUT2D eigenvalue weighted by atomic mass is 16.5. The highest BCUT2D eigenvalue weighted by Crippen LogP contribution is 2.19. The lowest BCUT2D eigenvalue weighted by molar-refractivity contribution is -0.0332. The van der Waals surface area contributed by atoms with Crippen molar-refractivity contribution in [3.05, 3.63) is 16.7 Å². The second-order valence-electron chi connectivity index (χ2n) is 5.76. The summed E-state index contributed by atoms with van der Waals surface area (Å²) in [5.41, 5.74) is 0.570. The molecule has 23 heavy (non-hydrogen) atoms. The fourth-order valence-corrected chi connectivity index (χ4v) is 2.08. The van der Waals surface area contributed by atoms with E-state index in [0.29, 0.717) is 17.1 Å². The molecule has 0 saturated carbocycles. The predicted molar refractivity (Wildman–Crippen MR) is 90.2 cm³/mol. The zero-order valence-corrected chi connectivity index (χ0v) is 14.5. The van der Waals surface area contributed by atoms with Crippen molar-refractivity contribution in [1.29, 1.82) is 0 Å². The van der Waals surface area contributed by atoms with E-state index in [-0.39, 0.29) is 17.9 Å². The Bertz CT molecular complexity index is 761. The van der Waals surface area contributed by atoms with Crippen molar-refractivity contribution in [3.63, 3.8) is 0 Å². The Morgan fingerprint density at radius 1 is 1.43 bits per heavy atom. The standard InChI is InChI=1S/C15H24N6O2/c1-7-10(2)23-11(3)21-9-16-12-13(21)18-15(17-8-19(4)5)20(6)14(12)22/h8-11H,7H2,1-6H3/b17-8+/t10-,11+/m0/s1. The average Bonchev–Trinajstić information content (AvgIpc) is 2.93. The number of aromatic nitrogens is 4. The summed E-state index contributed by atoms with van der Waals surface area (Å²) in [6, 6.07) is 0. The van der Waals surface area contributed by atoms with Gasteiger partial charge in [0, 0.05) is 21.1 Å². The molecule has 0 fully saturated rings. The van der Waals surface area contributed by atoms with Crippen molar-refractivity contribution in [2.24, 2.45) is 12.0 Å². The molecule has 0 aliphatic heterocycles. The Kier molecular flexibility index (Phi) is 5.15. The normalized spacial score (nSPS) is 14.5. The fourth-order valence-electron chi connectivity index (χ4n) is 2.08. The van der Waals surface area contributed by atoms with Gasteiger partial charge in [0.2, 0.25) is 5.95 Å².